The molecule has 0 aromatic rings. The molecule has 0 saturated carbocycles. The van der Waals surface area contributed by atoms with Crippen molar-refractivity contribution in [1.29, 1.82) is 5.26 Å². The number of nitriles is 1. The normalized spacial score (nSPS) is 23.7. The van der Waals surface area contributed by atoms with E-state index in [-0.39, 0.29) is 0 Å². The Kier molecular flexibility index (Phi) is 8.82. The van der Waals surface area contributed by atoms with E-state index in [9.17, 15) is 0 Å². The molecule has 1 saturated heterocycles. The molecule has 0 bridgehead atoms. The monoisotopic (exact) mass is 337 g/mol. The summed E-state index contributed by atoms with van der Waals surface area (Å²) in [5.41, 5.74) is 2.51. The van der Waals surface area contributed by atoms with Crippen molar-refractivity contribution in [2.24, 2.45) is 0 Å². The van der Waals surface area contributed by atoms with E-state index in [4.69, 9.17) is 5.26 Å². The van der Waals surface area contributed by atoms with Crippen LogP contribution in [0.1, 0.15) is 73.6 Å². The standard InChI is InChI=1S/C19H39N3Si/c1-7-17(4)23(18(5)8-2,19(6)9-3)22-15-11-14-21(16-22)13-10-12-20/h17-19H,7-11,13-16H2,1-6H3. The summed E-state index contributed by atoms with van der Waals surface area (Å²) in [7, 11) is -1.58. The molecule has 23 heavy (non-hydrogen) atoms. The van der Waals surface area contributed by atoms with Gasteiger partial charge in [0.2, 0.25) is 0 Å². The lowest BCUT2D eigenvalue weighted by molar-refractivity contribution is 0.136. The van der Waals surface area contributed by atoms with Crippen molar-refractivity contribution in [2.75, 3.05) is 26.3 Å². The molecule has 134 valence electrons. The quantitative estimate of drug-likeness (QED) is 0.541. The van der Waals surface area contributed by atoms with Gasteiger partial charge in [-0.2, -0.15) is 5.26 Å². The van der Waals surface area contributed by atoms with E-state index in [0.29, 0.717) is 6.42 Å². The van der Waals surface area contributed by atoms with Gasteiger partial charge in [-0.1, -0.05) is 60.8 Å². The largest absolute Gasteiger partial charge is 0.310 e. The van der Waals surface area contributed by atoms with E-state index in [0.717, 1.165) is 29.8 Å². The van der Waals surface area contributed by atoms with Gasteiger partial charge in [-0.15, -0.1) is 0 Å². The highest BCUT2D eigenvalue weighted by atomic mass is 28.3. The molecule has 0 N–H and O–H groups in total. The lowest BCUT2D eigenvalue weighted by Gasteiger charge is -2.56. The van der Waals surface area contributed by atoms with Gasteiger partial charge in [0.25, 0.3) is 0 Å². The van der Waals surface area contributed by atoms with Gasteiger partial charge in [-0.3, -0.25) is 4.90 Å². The summed E-state index contributed by atoms with van der Waals surface area (Å²) in [5.74, 6) is 0. The SMILES string of the molecule is CCC(C)[Si](C(C)CC)(C(C)CC)N1CCCN(CCC#N)C1. The fourth-order valence-corrected chi connectivity index (χ4v) is 12.7. The van der Waals surface area contributed by atoms with Crippen LogP contribution in [-0.4, -0.2) is 44.0 Å². The summed E-state index contributed by atoms with van der Waals surface area (Å²) >= 11 is 0. The van der Waals surface area contributed by atoms with Crippen LogP contribution in [0.4, 0.5) is 0 Å². The molecule has 3 nitrogen and oxygen atoms in total. The second-order valence-corrected chi connectivity index (χ2v) is 13.0. The first-order chi connectivity index (χ1) is 11.0. The maximum Gasteiger partial charge on any atom is 0.138 e. The fourth-order valence-electron chi connectivity index (χ4n) is 4.95. The van der Waals surface area contributed by atoms with Crippen LogP contribution in [0.25, 0.3) is 0 Å². The average Bonchev–Trinajstić information content (AvgIpc) is 2.59. The lowest BCUT2D eigenvalue weighted by atomic mass is 10.3. The van der Waals surface area contributed by atoms with Crippen LogP contribution in [0.3, 0.4) is 0 Å². The highest BCUT2D eigenvalue weighted by Gasteiger charge is 2.51. The van der Waals surface area contributed by atoms with Crippen LogP contribution in [0.5, 0.6) is 0 Å². The van der Waals surface area contributed by atoms with Crippen molar-refractivity contribution in [3.05, 3.63) is 0 Å². The van der Waals surface area contributed by atoms with E-state index in [1.165, 1.54) is 38.8 Å². The summed E-state index contributed by atoms with van der Waals surface area (Å²) < 4.78 is 2.93. The first kappa shape index (κ1) is 20.7. The van der Waals surface area contributed by atoms with Crippen molar-refractivity contribution in [2.45, 2.75) is 90.3 Å². The van der Waals surface area contributed by atoms with Crippen molar-refractivity contribution in [3.63, 3.8) is 0 Å². The van der Waals surface area contributed by atoms with Crippen LogP contribution in [-0.2, 0) is 0 Å². The molecule has 0 aliphatic carbocycles. The number of hydrogen-bond donors (Lipinski definition) is 0. The molecule has 3 atom stereocenters. The third-order valence-electron chi connectivity index (χ3n) is 6.57. The second-order valence-electron chi connectivity index (χ2n) is 7.60. The molecule has 1 fully saturated rings. The minimum absolute atomic E-state index is 0.665. The number of nitrogens with zero attached hydrogens (tertiary/aromatic N) is 3. The van der Waals surface area contributed by atoms with E-state index in [2.05, 4.69) is 57.1 Å². The molecule has 3 unspecified atom stereocenters. The van der Waals surface area contributed by atoms with Crippen LogP contribution < -0.4 is 0 Å². The van der Waals surface area contributed by atoms with Gasteiger partial charge in [-0.25, -0.2) is 0 Å². The third-order valence-corrected chi connectivity index (χ3v) is 14.0. The van der Waals surface area contributed by atoms with Gasteiger partial charge < -0.3 is 4.57 Å². The first-order valence-corrected chi connectivity index (χ1v) is 12.0. The summed E-state index contributed by atoms with van der Waals surface area (Å²) in [4.78, 5) is 2.53. The molecular formula is C19H39N3Si. The van der Waals surface area contributed by atoms with Gasteiger partial charge in [0.15, 0.2) is 0 Å². The number of hydrogen-bond acceptors (Lipinski definition) is 3. The number of rotatable bonds is 9. The minimum Gasteiger partial charge on any atom is -0.310 e. The Bertz CT molecular complexity index is 353. The zero-order valence-corrected chi connectivity index (χ0v) is 17.4. The maximum absolute atomic E-state index is 8.92. The molecule has 0 radical (unpaired) electrons. The van der Waals surface area contributed by atoms with Gasteiger partial charge in [0, 0.05) is 26.2 Å². The van der Waals surface area contributed by atoms with E-state index >= 15 is 0 Å². The molecule has 0 aromatic carbocycles. The highest BCUT2D eigenvalue weighted by molar-refractivity contribution is 6.81. The Balaban J connectivity index is 3.13. The fraction of sp³-hybridized carbons (Fsp3) is 0.947. The van der Waals surface area contributed by atoms with Crippen LogP contribution in [0.2, 0.25) is 16.6 Å². The van der Waals surface area contributed by atoms with E-state index in [1.807, 2.05) is 0 Å². The third kappa shape index (κ3) is 4.38. The summed E-state index contributed by atoms with van der Waals surface area (Å²) in [6, 6.07) is 2.32. The maximum atomic E-state index is 8.92. The van der Waals surface area contributed by atoms with Gasteiger partial charge in [0.05, 0.1) is 6.07 Å². The summed E-state index contributed by atoms with van der Waals surface area (Å²) in [6.07, 6.45) is 5.84. The smallest absolute Gasteiger partial charge is 0.138 e. The zero-order chi connectivity index (χ0) is 17.5. The molecule has 1 heterocycles. The van der Waals surface area contributed by atoms with Crippen molar-refractivity contribution < 1.29 is 0 Å². The predicted octanol–water partition coefficient (Wildman–Crippen LogP) is 5.21. The van der Waals surface area contributed by atoms with Gasteiger partial charge >= 0.3 is 0 Å². The molecule has 1 aliphatic rings. The highest BCUT2D eigenvalue weighted by Crippen LogP contribution is 2.48. The van der Waals surface area contributed by atoms with Crippen LogP contribution in [0, 0.1) is 11.3 Å². The van der Waals surface area contributed by atoms with Crippen molar-refractivity contribution in [3.8, 4) is 6.07 Å². The Hall–Kier alpha value is -0.373. The van der Waals surface area contributed by atoms with Crippen molar-refractivity contribution >= 4 is 8.24 Å². The Morgan fingerprint density at radius 2 is 1.48 bits per heavy atom. The minimum atomic E-state index is -1.58. The molecule has 1 aliphatic heterocycles. The van der Waals surface area contributed by atoms with E-state index < -0.39 is 8.24 Å². The molecular weight excluding hydrogens is 298 g/mol. The van der Waals surface area contributed by atoms with Crippen LogP contribution in [0.15, 0.2) is 0 Å². The lowest BCUT2D eigenvalue weighted by Crippen LogP contribution is -2.65. The summed E-state index contributed by atoms with van der Waals surface area (Å²) in [5, 5.41) is 8.92. The van der Waals surface area contributed by atoms with Crippen molar-refractivity contribution in [1.82, 2.24) is 9.47 Å². The second kappa shape index (κ2) is 9.81. The molecule has 0 amide bonds. The Morgan fingerprint density at radius 1 is 0.957 bits per heavy atom. The molecule has 0 spiro atoms. The predicted molar refractivity (Wildman–Crippen MR) is 103 cm³/mol. The Morgan fingerprint density at radius 3 is 1.91 bits per heavy atom. The van der Waals surface area contributed by atoms with E-state index in [1.54, 1.807) is 0 Å². The average molecular weight is 338 g/mol. The molecule has 1 rings (SSSR count). The zero-order valence-electron chi connectivity index (χ0n) is 16.4. The molecule has 4 heteroatoms. The van der Waals surface area contributed by atoms with Gasteiger partial charge in [0.1, 0.15) is 8.24 Å². The topological polar surface area (TPSA) is 30.3 Å². The first-order valence-electron chi connectivity index (χ1n) is 9.83. The summed E-state index contributed by atoms with van der Waals surface area (Å²) in [6.45, 7) is 19.2. The Labute approximate surface area is 146 Å². The van der Waals surface area contributed by atoms with Gasteiger partial charge in [-0.05, 0) is 29.6 Å². The molecule has 0 aromatic heterocycles. The van der Waals surface area contributed by atoms with Crippen LogP contribution >= 0.6 is 0 Å².